The van der Waals surface area contributed by atoms with Gasteiger partial charge in [0.05, 0.1) is 33.4 Å². The van der Waals surface area contributed by atoms with Gasteiger partial charge in [-0.1, -0.05) is 35.1 Å². The number of furan rings is 1. The molecule has 5 rings (SSSR count). The number of aromatic nitrogens is 1. The number of nitrogens with zero attached hydrogens (tertiary/aromatic N) is 3. The first-order chi connectivity index (χ1) is 18.7. The first kappa shape index (κ1) is 26.3. The Kier molecular flexibility index (Phi) is 7.07. The molecule has 39 heavy (non-hydrogen) atoms. The van der Waals surface area contributed by atoms with Crippen LogP contribution in [0.2, 0.25) is 5.02 Å². The normalized spacial score (nSPS) is 15.2. The van der Waals surface area contributed by atoms with Gasteiger partial charge in [0.1, 0.15) is 11.5 Å². The van der Waals surface area contributed by atoms with Crippen LogP contribution >= 0.6 is 22.9 Å². The van der Waals surface area contributed by atoms with Crippen molar-refractivity contribution in [2.24, 2.45) is 4.99 Å². The summed E-state index contributed by atoms with van der Waals surface area (Å²) in [6.07, 6.45) is 1.62. The number of allylic oxidation sites excluding steroid dienone is 1. The van der Waals surface area contributed by atoms with Crippen molar-refractivity contribution < 1.29 is 18.9 Å². The number of halogens is 1. The van der Waals surface area contributed by atoms with Crippen LogP contribution in [0.3, 0.4) is 0 Å². The predicted molar refractivity (Wildman–Crippen MR) is 147 cm³/mol. The molecule has 11 heteroatoms. The largest absolute Gasteiger partial charge is 0.463 e. The third-order valence-electron chi connectivity index (χ3n) is 6.29. The van der Waals surface area contributed by atoms with Crippen LogP contribution in [0, 0.1) is 17.0 Å². The fourth-order valence-electron chi connectivity index (χ4n) is 4.49. The highest BCUT2D eigenvalue weighted by molar-refractivity contribution is 7.07. The van der Waals surface area contributed by atoms with Gasteiger partial charge >= 0.3 is 5.97 Å². The highest BCUT2D eigenvalue weighted by Gasteiger charge is 2.33. The Balaban J connectivity index is 1.60. The average molecular weight is 564 g/mol. The first-order valence-corrected chi connectivity index (χ1v) is 13.2. The van der Waals surface area contributed by atoms with Gasteiger partial charge < -0.3 is 9.15 Å². The van der Waals surface area contributed by atoms with Crippen molar-refractivity contribution in [3.63, 3.8) is 0 Å². The lowest BCUT2D eigenvalue weighted by molar-refractivity contribution is -0.384. The molecule has 1 atom stereocenters. The maximum Gasteiger partial charge on any atom is 0.338 e. The molecule has 0 spiro atoms. The first-order valence-electron chi connectivity index (χ1n) is 12.0. The molecule has 0 aliphatic carbocycles. The molecular formula is C28H22ClN3O6S. The molecule has 1 aliphatic rings. The van der Waals surface area contributed by atoms with Gasteiger partial charge in [0.25, 0.3) is 11.2 Å². The van der Waals surface area contributed by atoms with Crippen molar-refractivity contribution in [3.05, 3.63) is 118 Å². The third-order valence-corrected chi connectivity index (χ3v) is 7.52. The number of fused-ring (bicyclic) bond motifs is 1. The Hall–Kier alpha value is -4.28. The number of esters is 1. The number of hydrogen-bond acceptors (Lipinski definition) is 8. The van der Waals surface area contributed by atoms with E-state index in [1.54, 1.807) is 69.3 Å². The zero-order valence-electron chi connectivity index (χ0n) is 21.1. The summed E-state index contributed by atoms with van der Waals surface area (Å²) < 4.78 is 13.1. The molecule has 0 amide bonds. The van der Waals surface area contributed by atoms with E-state index in [9.17, 15) is 19.7 Å². The number of hydrogen-bond donors (Lipinski definition) is 0. The van der Waals surface area contributed by atoms with E-state index in [1.165, 1.54) is 28.0 Å². The number of carbonyl (C=O) groups is 1. The monoisotopic (exact) mass is 563 g/mol. The van der Waals surface area contributed by atoms with Gasteiger partial charge in [-0.15, -0.1) is 0 Å². The maximum absolute atomic E-state index is 13.7. The lowest BCUT2D eigenvalue weighted by Gasteiger charge is -2.24. The van der Waals surface area contributed by atoms with E-state index in [4.69, 9.17) is 20.8 Å². The van der Waals surface area contributed by atoms with E-state index < -0.39 is 16.9 Å². The number of benzene rings is 2. The number of nitro benzene ring substituents is 1. The third kappa shape index (κ3) is 4.96. The van der Waals surface area contributed by atoms with Gasteiger partial charge in [-0.3, -0.25) is 19.5 Å². The predicted octanol–water partition coefficient (Wildman–Crippen LogP) is 4.93. The standard InChI is InChI=1S/C28H22ClN3O6S/c1-4-37-27(34)24-16(3)30-28-31(25(24)17-5-7-18(29)8-6-17)26(33)23(39-28)14-20-10-12-22(38-20)21-11-9-19(32(35)36)13-15(21)2/h5-14,25H,4H2,1-3H3/b23-14-/t25-/m1/s1. The number of rotatable bonds is 6. The van der Waals surface area contributed by atoms with Crippen molar-refractivity contribution in [1.82, 2.24) is 4.57 Å². The molecular weight excluding hydrogens is 542 g/mol. The summed E-state index contributed by atoms with van der Waals surface area (Å²) in [5.74, 6) is 0.403. The van der Waals surface area contributed by atoms with Crippen LogP contribution in [0.5, 0.6) is 0 Å². The zero-order valence-corrected chi connectivity index (χ0v) is 22.7. The molecule has 0 fully saturated rings. The van der Waals surface area contributed by atoms with Crippen molar-refractivity contribution in [2.75, 3.05) is 6.61 Å². The smallest absolute Gasteiger partial charge is 0.338 e. The van der Waals surface area contributed by atoms with E-state index in [2.05, 4.69) is 4.99 Å². The highest BCUT2D eigenvalue weighted by atomic mass is 35.5. The molecule has 0 N–H and O–H groups in total. The number of non-ortho nitro benzene ring substituents is 1. The van der Waals surface area contributed by atoms with Crippen LogP contribution < -0.4 is 14.9 Å². The number of carbonyl (C=O) groups excluding carboxylic acids is 1. The average Bonchev–Trinajstić information content (AvgIpc) is 3.48. The second kappa shape index (κ2) is 10.5. The van der Waals surface area contributed by atoms with Crippen molar-refractivity contribution in [2.45, 2.75) is 26.8 Å². The fourth-order valence-corrected chi connectivity index (χ4v) is 5.65. The van der Waals surface area contributed by atoms with Crippen LogP contribution in [0.4, 0.5) is 5.69 Å². The van der Waals surface area contributed by atoms with E-state index in [-0.39, 0.29) is 23.4 Å². The van der Waals surface area contributed by atoms with Crippen molar-refractivity contribution in [1.29, 1.82) is 0 Å². The summed E-state index contributed by atoms with van der Waals surface area (Å²) in [6, 6.07) is 14.2. The minimum absolute atomic E-state index is 0.00291. The summed E-state index contributed by atoms with van der Waals surface area (Å²) in [6.45, 7) is 5.39. The van der Waals surface area contributed by atoms with Gasteiger partial charge in [0.15, 0.2) is 4.80 Å². The van der Waals surface area contributed by atoms with Gasteiger partial charge in [-0.25, -0.2) is 9.79 Å². The van der Waals surface area contributed by atoms with Crippen LogP contribution in [-0.4, -0.2) is 22.1 Å². The van der Waals surface area contributed by atoms with Crippen LogP contribution in [0.15, 0.2) is 80.1 Å². The molecule has 0 saturated carbocycles. The summed E-state index contributed by atoms with van der Waals surface area (Å²) in [7, 11) is 0. The topological polar surface area (TPSA) is 117 Å². The lowest BCUT2D eigenvalue weighted by atomic mass is 9.96. The molecule has 198 valence electrons. The quantitative estimate of drug-likeness (QED) is 0.186. The minimum atomic E-state index is -0.741. The van der Waals surface area contributed by atoms with E-state index in [1.807, 2.05) is 0 Å². The second-order valence-corrected chi connectivity index (χ2v) is 10.3. The number of aryl methyl sites for hydroxylation is 1. The molecule has 3 heterocycles. The summed E-state index contributed by atoms with van der Waals surface area (Å²) in [5.41, 5.74) is 2.50. The van der Waals surface area contributed by atoms with Crippen molar-refractivity contribution in [3.8, 4) is 11.3 Å². The van der Waals surface area contributed by atoms with Crippen LogP contribution in [0.25, 0.3) is 17.4 Å². The Labute approximate surface area is 231 Å². The fraction of sp³-hybridized carbons (Fsp3) is 0.179. The number of nitro groups is 1. The van der Waals surface area contributed by atoms with Gasteiger partial charge in [0.2, 0.25) is 0 Å². The van der Waals surface area contributed by atoms with Crippen molar-refractivity contribution >= 4 is 40.7 Å². The Bertz CT molecular complexity index is 1830. The maximum atomic E-state index is 13.7. The van der Waals surface area contributed by atoms with E-state index in [0.29, 0.717) is 48.3 Å². The molecule has 2 aromatic carbocycles. The Morgan fingerprint density at radius 2 is 1.95 bits per heavy atom. The van der Waals surface area contributed by atoms with Crippen LogP contribution in [0.1, 0.15) is 36.8 Å². The second-order valence-electron chi connectivity index (χ2n) is 8.81. The van der Waals surface area contributed by atoms with Gasteiger partial charge in [0, 0.05) is 28.8 Å². The van der Waals surface area contributed by atoms with E-state index >= 15 is 0 Å². The molecule has 0 radical (unpaired) electrons. The highest BCUT2D eigenvalue weighted by Crippen LogP contribution is 2.32. The van der Waals surface area contributed by atoms with Gasteiger partial charge in [-0.2, -0.15) is 0 Å². The number of ether oxygens (including phenoxy) is 1. The molecule has 1 aliphatic heterocycles. The Morgan fingerprint density at radius 3 is 2.62 bits per heavy atom. The molecule has 9 nitrogen and oxygen atoms in total. The summed E-state index contributed by atoms with van der Waals surface area (Å²) in [4.78, 5) is 42.3. The summed E-state index contributed by atoms with van der Waals surface area (Å²) in [5, 5.41) is 11.6. The Morgan fingerprint density at radius 1 is 1.21 bits per heavy atom. The molecule has 4 aromatic rings. The minimum Gasteiger partial charge on any atom is -0.463 e. The zero-order chi connectivity index (χ0) is 27.8. The molecule has 2 aromatic heterocycles. The van der Waals surface area contributed by atoms with E-state index in [0.717, 1.165) is 0 Å². The molecule has 0 unspecified atom stereocenters. The SMILES string of the molecule is CCOC(=O)C1=C(C)N=c2s/c(=C\c3ccc(-c4ccc([N+](=O)[O-])cc4C)o3)c(=O)n2[C@@H]1c1ccc(Cl)cc1. The molecule has 0 bridgehead atoms. The van der Waals surface area contributed by atoms with Crippen LogP contribution in [-0.2, 0) is 9.53 Å². The van der Waals surface area contributed by atoms with Gasteiger partial charge in [-0.05, 0) is 62.2 Å². The lowest BCUT2D eigenvalue weighted by Crippen LogP contribution is -2.39. The number of thiazole rings is 1. The molecule has 0 saturated heterocycles. The summed E-state index contributed by atoms with van der Waals surface area (Å²) >= 11 is 7.28.